The number of carbonyl (C=O) groups is 5. The molecule has 3 aliphatic rings. The van der Waals surface area contributed by atoms with Gasteiger partial charge in [-0.05, 0) is 69.0 Å². The van der Waals surface area contributed by atoms with E-state index in [0.717, 1.165) is 38.9 Å². The molecule has 0 unspecified atom stereocenters. The smallest absolute Gasteiger partial charge is 0.407 e. The summed E-state index contributed by atoms with van der Waals surface area (Å²) < 4.78 is 39.1. The molecule has 2 aliphatic heterocycles. The van der Waals surface area contributed by atoms with Gasteiger partial charge in [-0.25, -0.2) is 23.4 Å². The van der Waals surface area contributed by atoms with Gasteiger partial charge >= 0.3 is 12.2 Å². The molecule has 0 bridgehead atoms. The molecule has 0 spiro atoms. The molecule has 3 heterocycles. The second-order valence-corrected chi connectivity index (χ2v) is 17.8. The number of methoxy groups -OCH3 is 2. The van der Waals surface area contributed by atoms with Crippen molar-refractivity contribution in [3.05, 3.63) is 83.8 Å². The van der Waals surface area contributed by atoms with Gasteiger partial charge in [0.15, 0.2) is 0 Å². The van der Waals surface area contributed by atoms with E-state index < -0.39 is 71.8 Å². The number of hydrogen-bond donors (Lipinski definition) is 4. The van der Waals surface area contributed by atoms with E-state index in [2.05, 4.69) is 62.7 Å². The van der Waals surface area contributed by atoms with Crippen molar-refractivity contribution in [2.45, 2.75) is 96.3 Å². The van der Waals surface area contributed by atoms with Gasteiger partial charge in [0.25, 0.3) is 0 Å². The summed E-state index contributed by atoms with van der Waals surface area (Å²) in [6.07, 6.45) is -2.57. The van der Waals surface area contributed by atoms with Crippen LogP contribution in [0.15, 0.2) is 66.9 Å². The maximum absolute atomic E-state index is 14.8. The highest BCUT2D eigenvalue weighted by Gasteiger charge is 2.44. The van der Waals surface area contributed by atoms with Gasteiger partial charge in [-0.15, -0.1) is 0 Å². The van der Waals surface area contributed by atoms with E-state index >= 15 is 0 Å². The molecule has 1 aliphatic carbocycles. The van der Waals surface area contributed by atoms with Crippen LogP contribution in [0.1, 0.15) is 77.4 Å². The number of aromatic amines is 1. The third kappa shape index (κ3) is 8.85. The maximum atomic E-state index is 14.8. The summed E-state index contributed by atoms with van der Waals surface area (Å²) in [4.78, 5) is 75.3. The van der Waals surface area contributed by atoms with E-state index in [-0.39, 0.29) is 37.8 Å². The van der Waals surface area contributed by atoms with Gasteiger partial charge in [-0.2, -0.15) is 0 Å². The number of amides is 5. The fourth-order valence-corrected chi connectivity index (χ4v) is 9.04. The van der Waals surface area contributed by atoms with Crippen LogP contribution in [-0.4, -0.2) is 107 Å². The van der Waals surface area contributed by atoms with E-state index in [1.165, 1.54) is 24.0 Å². The van der Waals surface area contributed by atoms with Crippen molar-refractivity contribution >= 4 is 35.6 Å². The molecule has 4 N–H and O–H groups in total. The number of fused-ring (bicyclic) bond motifs is 3. The number of anilines is 1. The Balaban J connectivity index is 1.05. The van der Waals surface area contributed by atoms with Crippen LogP contribution in [0.25, 0.3) is 33.5 Å². The number of aromatic nitrogens is 2. The molecular formula is C47H55F2N7O7. The number of rotatable bonds is 11. The van der Waals surface area contributed by atoms with Gasteiger partial charge in [0.1, 0.15) is 36.3 Å². The molecule has 2 fully saturated rings. The van der Waals surface area contributed by atoms with Crippen molar-refractivity contribution in [1.82, 2.24) is 30.4 Å². The second-order valence-electron chi connectivity index (χ2n) is 17.8. The predicted molar refractivity (Wildman–Crippen MR) is 233 cm³/mol. The number of nitrogens with one attached hydrogen (secondary N) is 4. The van der Waals surface area contributed by atoms with Crippen LogP contribution >= 0.6 is 0 Å². The minimum absolute atomic E-state index is 0.0786. The average molecular weight is 868 g/mol. The Kier molecular flexibility index (Phi) is 12.6. The highest BCUT2D eigenvalue weighted by atomic mass is 19.1. The van der Waals surface area contributed by atoms with E-state index in [1.54, 1.807) is 33.9 Å². The number of nitrogens with zero attached hydrogens (tertiary/aromatic N) is 3. The Hall–Kier alpha value is -6.32. The molecule has 14 nitrogen and oxygen atoms in total. The van der Waals surface area contributed by atoms with Crippen molar-refractivity contribution in [2.24, 2.45) is 11.8 Å². The molecule has 4 aromatic rings. The number of ether oxygens (including phenoxy) is 2. The van der Waals surface area contributed by atoms with Crippen molar-refractivity contribution in [2.75, 3.05) is 32.6 Å². The maximum Gasteiger partial charge on any atom is 0.407 e. The lowest BCUT2D eigenvalue weighted by Crippen LogP contribution is -2.54. The first kappa shape index (κ1) is 44.7. The van der Waals surface area contributed by atoms with Crippen molar-refractivity contribution < 1.29 is 42.2 Å². The molecule has 334 valence electrons. The SMILES string of the molecule is COC(=O)N[C@H](C(=O)N1C[C@@H](F)C[C@H]1C(=O)Nc1ccc2c(c1)C(C)(C)c1cc(-c3ccc(-c4cnc([C@@H]5C[C@H](F)CN5C(=O)[C@@H](NC(=O)OC)C(C)C)[nH]4)cc3)ccc1-2)C(C)C. The highest BCUT2D eigenvalue weighted by Crippen LogP contribution is 2.50. The van der Waals surface area contributed by atoms with Crippen LogP contribution < -0.4 is 16.0 Å². The van der Waals surface area contributed by atoms with E-state index in [1.807, 2.05) is 42.5 Å². The fraction of sp³-hybridized carbons (Fsp3) is 0.447. The molecule has 63 heavy (non-hydrogen) atoms. The summed E-state index contributed by atoms with van der Waals surface area (Å²) in [5.41, 5.74) is 7.82. The van der Waals surface area contributed by atoms with Crippen LogP contribution in [0, 0.1) is 11.8 Å². The number of likely N-dealkylation sites (tertiary alicyclic amines) is 2. The topological polar surface area (TPSA) is 175 Å². The fourth-order valence-electron chi connectivity index (χ4n) is 9.04. The molecule has 6 atom stereocenters. The van der Waals surface area contributed by atoms with Crippen LogP contribution in [0.3, 0.4) is 0 Å². The normalized spacial score (nSPS) is 20.8. The minimum Gasteiger partial charge on any atom is -0.453 e. The first-order valence-corrected chi connectivity index (χ1v) is 21.3. The molecule has 5 amide bonds. The Labute approximate surface area is 365 Å². The summed E-state index contributed by atoms with van der Waals surface area (Å²) in [6, 6.07) is 16.5. The van der Waals surface area contributed by atoms with Gasteiger partial charge in [-0.1, -0.05) is 84.0 Å². The summed E-state index contributed by atoms with van der Waals surface area (Å²) in [5, 5.41) is 8.04. The van der Waals surface area contributed by atoms with E-state index in [0.29, 0.717) is 17.2 Å². The zero-order valence-corrected chi connectivity index (χ0v) is 36.8. The second kappa shape index (κ2) is 17.8. The van der Waals surface area contributed by atoms with Gasteiger partial charge in [0, 0.05) is 23.9 Å². The summed E-state index contributed by atoms with van der Waals surface area (Å²) in [5.74, 6) is -1.59. The first-order valence-electron chi connectivity index (χ1n) is 21.3. The number of halogens is 2. The van der Waals surface area contributed by atoms with Crippen molar-refractivity contribution in [3.63, 3.8) is 0 Å². The summed E-state index contributed by atoms with van der Waals surface area (Å²) >= 11 is 0. The number of benzene rings is 3. The molecule has 16 heteroatoms. The van der Waals surface area contributed by atoms with E-state index in [4.69, 9.17) is 4.74 Å². The average Bonchev–Trinajstić information content (AvgIpc) is 4.05. The number of hydrogen-bond acceptors (Lipinski definition) is 8. The quantitative estimate of drug-likeness (QED) is 0.122. The standard InChI is InChI=1S/C47H55F2N7O7/c1-24(2)39(53-45(60)62-7)43(58)55-22-29(48)18-37(55)41-50-21-36(52-41)27-11-9-26(10-12-27)28-13-15-32-33-16-14-31(20-35(33)47(5,6)34(32)17-28)51-42(57)38-19-30(49)23-56(38)44(59)40(25(3)4)54-46(61)63-8/h9-17,20-21,24-25,29-30,37-40H,18-19,22-23H2,1-8H3,(H,50,52)(H,51,57)(H,53,60)(H,54,61)/t29-,30-,37-,38-,39-,40-/m0/s1. The van der Waals surface area contributed by atoms with Gasteiger partial charge in [-0.3, -0.25) is 14.4 Å². The number of carbonyl (C=O) groups excluding carboxylic acids is 5. The minimum atomic E-state index is -1.39. The number of imidazole rings is 1. The molecule has 0 radical (unpaired) electrons. The van der Waals surface area contributed by atoms with Gasteiger partial charge in [0.05, 0.1) is 45.2 Å². The highest BCUT2D eigenvalue weighted by molar-refractivity contribution is 5.99. The third-order valence-electron chi connectivity index (χ3n) is 12.5. The molecule has 1 aromatic heterocycles. The van der Waals surface area contributed by atoms with Crippen LogP contribution in [0.4, 0.5) is 24.1 Å². The Morgan fingerprint density at radius 2 is 1.25 bits per heavy atom. The zero-order valence-electron chi connectivity index (χ0n) is 36.8. The van der Waals surface area contributed by atoms with Crippen molar-refractivity contribution in [3.8, 4) is 33.5 Å². The molecule has 2 saturated heterocycles. The molecular weight excluding hydrogens is 813 g/mol. The lowest BCUT2D eigenvalue weighted by atomic mass is 9.81. The Bertz CT molecular complexity index is 2400. The Morgan fingerprint density at radius 1 is 0.730 bits per heavy atom. The Morgan fingerprint density at radius 3 is 1.86 bits per heavy atom. The summed E-state index contributed by atoms with van der Waals surface area (Å²) in [6.45, 7) is 11.0. The number of alkyl halides is 2. The van der Waals surface area contributed by atoms with E-state index in [9.17, 15) is 32.8 Å². The molecule has 0 saturated carbocycles. The lowest BCUT2D eigenvalue weighted by Gasteiger charge is -2.30. The predicted octanol–water partition coefficient (Wildman–Crippen LogP) is 7.30. The van der Waals surface area contributed by atoms with Crippen molar-refractivity contribution in [1.29, 1.82) is 0 Å². The monoisotopic (exact) mass is 867 g/mol. The first-order chi connectivity index (χ1) is 29.9. The van der Waals surface area contributed by atoms with Crippen LogP contribution in [0.2, 0.25) is 0 Å². The van der Waals surface area contributed by atoms with Crippen LogP contribution in [-0.2, 0) is 29.3 Å². The molecule has 3 aromatic carbocycles. The number of alkyl carbamates (subject to hydrolysis) is 2. The largest absolute Gasteiger partial charge is 0.453 e. The van der Waals surface area contributed by atoms with Gasteiger partial charge < -0.3 is 40.2 Å². The van der Waals surface area contributed by atoms with Crippen LogP contribution in [0.5, 0.6) is 0 Å². The van der Waals surface area contributed by atoms with Gasteiger partial charge in [0.2, 0.25) is 17.7 Å². The summed E-state index contributed by atoms with van der Waals surface area (Å²) in [7, 11) is 2.41. The lowest BCUT2D eigenvalue weighted by molar-refractivity contribution is -0.139. The zero-order chi connectivity index (χ0) is 45.5. The number of H-pyrrole nitrogens is 1. The molecule has 7 rings (SSSR count). The third-order valence-corrected chi connectivity index (χ3v) is 12.5.